The summed E-state index contributed by atoms with van der Waals surface area (Å²) in [5.41, 5.74) is 0.969. The Bertz CT molecular complexity index is 1090. The maximum atomic E-state index is 13.1. The molecule has 0 unspecified atom stereocenters. The molecule has 148 valence electrons. The summed E-state index contributed by atoms with van der Waals surface area (Å²) < 4.78 is 39.7. The molecular formula is C18H20N4O4S2. The minimum atomic E-state index is -3.70. The van der Waals surface area contributed by atoms with E-state index in [1.807, 2.05) is 23.9 Å². The Morgan fingerprint density at radius 2 is 1.96 bits per heavy atom. The van der Waals surface area contributed by atoms with Gasteiger partial charge in [-0.25, -0.2) is 13.4 Å². The number of thiophene rings is 1. The molecule has 10 heteroatoms. The van der Waals surface area contributed by atoms with Crippen LogP contribution in [0.25, 0.3) is 11.4 Å². The fourth-order valence-corrected chi connectivity index (χ4v) is 5.52. The fourth-order valence-electron chi connectivity index (χ4n) is 3.19. The van der Waals surface area contributed by atoms with Gasteiger partial charge < -0.3 is 9.47 Å². The van der Waals surface area contributed by atoms with Crippen molar-refractivity contribution in [3.63, 3.8) is 0 Å². The van der Waals surface area contributed by atoms with E-state index < -0.39 is 10.0 Å². The average molecular weight is 421 g/mol. The zero-order valence-corrected chi connectivity index (χ0v) is 17.3. The van der Waals surface area contributed by atoms with Crippen LogP contribution in [0.1, 0.15) is 11.7 Å². The molecule has 1 aliphatic heterocycles. The van der Waals surface area contributed by atoms with Crippen LogP contribution in [0.3, 0.4) is 0 Å². The molecule has 0 N–H and O–H groups in total. The van der Waals surface area contributed by atoms with Crippen molar-refractivity contribution in [2.24, 2.45) is 7.05 Å². The van der Waals surface area contributed by atoms with Crippen molar-refractivity contribution >= 4 is 21.4 Å². The van der Waals surface area contributed by atoms with E-state index >= 15 is 0 Å². The van der Waals surface area contributed by atoms with Crippen molar-refractivity contribution in [2.75, 3.05) is 27.3 Å². The van der Waals surface area contributed by atoms with E-state index in [-0.39, 0.29) is 10.8 Å². The Kier molecular flexibility index (Phi) is 4.86. The summed E-state index contributed by atoms with van der Waals surface area (Å²) in [7, 11) is 1.09. The van der Waals surface area contributed by atoms with Gasteiger partial charge in [0.05, 0.1) is 14.2 Å². The van der Waals surface area contributed by atoms with Crippen LogP contribution in [0, 0.1) is 0 Å². The fraction of sp³-hybridized carbons (Fsp3) is 0.333. The van der Waals surface area contributed by atoms with Crippen molar-refractivity contribution in [3.05, 3.63) is 40.8 Å². The van der Waals surface area contributed by atoms with Crippen LogP contribution in [-0.2, 0) is 17.1 Å². The summed E-state index contributed by atoms with van der Waals surface area (Å²) in [5.74, 6) is 2.20. The van der Waals surface area contributed by atoms with Crippen molar-refractivity contribution in [2.45, 2.75) is 10.8 Å². The van der Waals surface area contributed by atoms with Crippen molar-refractivity contribution < 1.29 is 17.9 Å². The number of hydrogen-bond donors (Lipinski definition) is 0. The lowest BCUT2D eigenvalue weighted by atomic mass is 10.0. The number of nitrogens with zero attached hydrogens (tertiary/aromatic N) is 4. The number of ether oxygens (including phenoxy) is 2. The van der Waals surface area contributed by atoms with Gasteiger partial charge in [-0.15, -0.1) is 0 Å². The van der Waals surface area contributed by atoms with Gasteiger partial charge in [0.15, 0.2) is 5.82 Å². The molecule has 28 heavy (non-hydrogen) atoms. The second-order valence-electron chi connectivity index (χ2n) is 6.46. The lowest BCUT2D eigenvalue weighted by molar-refractivity contribution is 0.250. The van der Waals surface area contributed by atoms with E-state index in [0.717, 1.165) is 11.4 Å². The first-order valence-corrected chi connectivity index (χ1v) is 11.0. The van der Waals surface area contributed by atoms with Crippen molar-refractivity contribution in [1.82, 2.24) is 19.1 Å². The van der Waals surface area contributed by atoms with Crippen LogP contribution >= 0.6 is 11.3 Å². The number of methoxy groups -OCH3 is 2. The standard InChI is InChI=1S/C18H20N4O4S2/c1-21-18(19-17(20-21)12-6-7-27-11-12)13-9-22(10-13)28(23,24)16-8-14(25-2)4-5-15(16)26-3/h4-8,11,13H,9-10H2,1-3H3. The first-order valence-electron chi connectivity index (χ1n) is 8.59. The third-order valence-electron chi connectivity index (χ3n) is 4.78. The average Bonchev–Trinajstić information content (AvgIpc) is 3.30. The monoisotopic (exact) mass is 420 g/mol. The molecule has 3 aromatic rings. The molecule has 0 saturated carbocycles. The Hall–Kier alpha value is -2.43. The number of rotatable bonds is 6. The van der Waals surface area contributed by atoms with Crippen LogP contribution in [0.5, 0.6) is 11.5 Å². The van der Waals surface area contributed by atoms with E-state index in [1.54, 1.807) is 28.2 Å². The summed E-state index contributed by atoms with van der Waals surface area (Å²) in [6.45, 7) is 0.691. The van der Waals surface area contributed by atoms with E-state index in [9.17, 15) is 8.42 Å². The molecule has 0 atom stereocenters. The van der Waals surface area contributed by atoms with Gasteiger partial charge in [-0.1, -0.05) is 0 Å². The summed E-state index contributed by atoms with van der Waals surface area (Å²) >= 11 is 1.59. The third-order valence-corrected chi connectivity index (χ3v) is 7.31. The normalized spacial score (nSPS) is 15.4. The highest BCUT2D eigenvalue weighted by Gasteiger charge is 2.41. The number of aryl methyl sites for hydroxylation is 1. The first-order chi connectivity index (χ1) is 13.4. The molecule has 3 heterocycles. The van der Waals surface area contributed by atoms with Gasteiger partial charge in [0, 0.05) is 43.1 Å². The summed E-state index contributed by atoms with van der Waals surface area (Å²) in [6, 6.07) is 6.72. The van der Waals surface area contributed by atoms with Gasteiger partial charge >= 0.3 is 0 Å². The predicted octanol–water partition coefficient (Wildman–Crippen LogP) is 2.35. The van der Waals surface area contributed by atoms with Gasteiger partial charge in [-0.05, 0) is 23.6 Å². The SMILES string of the molecule is COc1ccc(OC)c(S(=O)(=O)N2CC(c3nc(-c4ccsc4)nn3C)C2)c1. The maximum Gasteiger partial charge on any atom is 0.246 e. The Morgan fingerprint density at radius 1 is 1.18 bits per heavy atom. The lowest BCUT2D eigenvalue weighted by Gasteiger charge is -2.37. The van der Waals surface area contributed by atoms with Crippen molar-refractivity contribution in [3.8, 4) is 22.9 Å². The molecule has 4 rings (SSSR count). The molecule has 0 spiro atoms. The summed E-state index contributed by atoms with van der Waals surface area (Å²) in [5, 5.41) is 8.43. The third kappa shape index (κ3) is 3.17. The molecule has 1 saturated heterocycles. The highest BCUT2D eigenvalue weighted by atomic mass is 32.2. The zero-order valence-electron chi connectivity index (χ0n) is 15.7. The molecule has 0 radical (unpaired) electrons. The van der Waals surface area contributed by atoms with Gasteiger partial charge in [-0.3, -0.25) is 4.68 Å². The molecular weight excluding hydrogens is 400 g/mol. The minimum Gasteiger partial charge on any atom is -0.497 e. The molecule has 1 aliphatic rings. The molecule has 0 amide bonds. The Morgan fingerprint density at radius 3 is 2.61 bits per heavy atom. The molecule has 0 aliphatic carbocycles. The quantitative estimate of drug-likeness (QED) is 0.608. The van der Waals surface area contributed by atoms with E-state index in [4.69, 9.17) is 9.47 Å². The maximum absolute atomic E-state index is 13.1. The van der Waals surface area contributed by atoms with Crippen LogP contribution < -0.4 is 9.47 Å². The topological polar surface area (TPSA) is 86.6 Å². The predicted molar refractivity (Wildman–Crippen MR) is 105 cm³/mol. The van der Waals surface area contributed by atoms with Crippen molar-refractivity contribution in [1.29, 1.82) is 0 Å². The zero-order chi connectivity index (χ0) is 19.9. The number of benzene rings is 1. The Balaban J connectivity index is 1.55. The smallest absolute Gasteiger partial charge is 0.246 e. The summed E-state index contributed by atoms with van der Waals surface area (Å²) in [4.78, 5) is 4.72. The van der Waals surface area contributed by atoms with Crippen LogP contribution in [0.15, 0.2) is 39.9 Å². The Labute approximate surface area is 167 Å². The minimum absolute atomic E-state index is 0.00346. The largest absolute Gasteiger partial charge is 0.497 e. The van der Waals surface area contributed by atoms with E-state index in [0.29, 0.717) is 30.4 Å². The highest BCUT2D eigenvalue weighted by Crippen LogP contribution is 2.36. The number of sulfonamides is 1. The first kappa shape index (κ1) is 18.9. The number of hydrogen-bond acceptors (Lipinski definition) is 7. The van der Waals surface area contributed by atoms with E-state index in [1.165, 1.54) is 24.6 Å². The summed E-state index contributed by atoms with van der Waals surface area (Å²) in [6.07, 6.45) is 0. The number of aromatic nitrogens is 3. The van der Waals surface area contributed by atoms with Crippen LogP contribution in [0.4, 0.5) is 0 Å². The van der Waals surface area contributed by atoms with Crippen LogP contribution in [-0.4, -0.2) is 54.8 Å². The molecule has 2 aromatic heterocycles. The van der Waals surface area contributed by atoms with Gasteiger partial charge in [0.25, 0.3) is 0 Å². The van der Waals surface area contributed by atoms with Gasteiger partial charge in [0.2, 0.25) is 10.0 Å². The molecule has 0 bridgehead atoms. The second kappa shape index (κ2) is 7.19. The van der Waals surface area contributed by atoms with E-state index in [2.05, 4.69) is 10.1 Å². The molecule has 1 aromatic carbocycles. The van der Waals surface area contributed by atoms with Crippen LogP contribution in [0.2, 0.25) is 0 Å². The second-order valence-corrected chi connectivity index (χ2v) is 9.15. The lowest BCUT2D eigenvalue weighted by Crippen LogP contribution is -2.49. The molecule has 8 nitrogen and oxygen atoms in total. The van der Waals surface area contributed by atoms with Gasteiger partial charge in [0.1, 0.15) is 22.2 Å². The highest BCUT2D eigenvalue weighted by molar-refractivity contribution is 7.89. The molecule has 1 fully saturated rings. The van der Waals surface area contributed by atoms with Gasteiger partial charge in [-0.2, -0.15) is 20.7 Å².